The smallest absolute Gasteiger partial charge is 0.407 e. The lowest BCUT2D eigenvalue weighted by Gasteiger charge is -2.05. The Morgan fingerprint density at radius 3 is 2.81 bits per heavy atom. The van der Waals surface area contributed by atoms with E-state index in [4.69, 9.17) is 16.3 Å². The van der Waals surface area contributed by atoms with Crippen LogP contribution in [0.3, 0.4) is 0 Å². The highest BCUT2D eigenvalue weighted by atomic mass is 35.5. The summed E-state index contributed by atoms with van der Waals surface area (Å²) in [6, 6.07) is 9.34. The Balaban J connectivity index is 1.81. The standard InChI is InChI=1S/C18H16ClN3O4/c1-13-15(11-21-17(19)16(13)22(24)25)9-5-6-10-20-18(23)26-12-14-7-3-2-4-8-14/h2-4,7-8,11H,6,10,12H2,1H3,(H,20,23). The Morgan fingerprint density at radius 1 is 1.38 bits per heavy atom. The van der Waals surface area contributed by atoms with Gasteiger partial charge in [-0.2, -0.15) is 0 Å². The lowest BCUT2D eigenvalue weighted by atomic mass is 10.1. The van der Waals surface area contributed by atoms with E-state index in [1.54, 1.807) is 6.92 Å². The molecule has 7 nitrogen and oxygen atoms in total. The molecule has 0 bridgehead atoms. The zero-order valence-corrected chi connectivity index (χ0v) is 14.7. The van der Waals surface area contributed by atoms with E-state index in [1.807, 2.05) is 30.3 Å². The van der Waals surface area contributed by atoms with Gasteiger partial charge in [0, 0.05) is 24.7 Å². The molecule has 0 aliphatic rings. The predicted octanol–water partition coefficient (Wildman–Crippen LogP) is 3.62. The first kappa shape index (κ1) is 19.2. The van der Waals surface area contributed by atoms with E-state index in [9.17, 15) is 14.9 Å². The number of pyridine rings is 1. The van der Waals surface area contributed by atoms with Crippen LogP contribution >= 0.6 is 11.6 Å². The minimum Gasteiger partial charge on any atom is -0.445 e. The average Bonchev–Trinajstić information content (AvgIpc) is 2.62. The molecule has 1 aromatic heterocycles. The number of nitrogens with one attached hydrogen (secondary N) is 1. The summed E-state index contributed by atoms with van der Waals surface area (Å²) in [5.74, 6) is 5.63. The Morgan fingerprint density at radius 2 is 2.12 bits per heavy atom. The van der Waals surface area contributed by atoms with Gasteiger partial charge >= 0.3 is 11.8 Å². The fourth-order valence-electron chi connectivity index (χ4n) is 2.06. The fourth-order valence-corrected chi connectivity index (χ4v) is 2.32. The molecule has 134 valence electrons. The van der Waals surface area contributed by atoms with Crippen molar-refractivity contribution in [1.82, 2.24) is 10.3 Å². The normalized spacial score (nSPS) is 9.77. The molecule has 1 N–H and O–H groups in total. The highest BCUT2D eigenvalue weighted by Gasteiger charge is 2.19. The Kier molecular flexibility index (Phi) is 6.94. The molecule has 2 aromatic rings. The second kappa shape index (κ2) is 9.39. The molecule has 0 fully saturated rings. The van der Waals surface area contributed by atoms with Gasteiger partial charge in [-0.05, 0) is 12.5 Å². The highest BCUT2D eigenvalue weighted by molar-refractivity contribution is 6.31. The molecule has 0 aliphatic carbocycles. The average molecular weight is 374 g/mol. The molecule has 8 heteroatoms. The second-order valence-electron chi connectivity index (χ2n) is 5.23. The summed E-state index contributed by atoms with van der Waals surface area (Å²) < 4.78 is 5.07. The molecule has 0 aliphatic heterocycles. The highest BCUT2D eigenvalue weighted by Crippen LogP contribution is 2.27. The number of benzene rings is 1. The van der Waals surface area contributed by atoms with Crippen LogP contribution in [0.25, 0.3) is 0 Å². The van der Waals surface area contributed by atoms with Gasteiger partial charge in [-0.15, -0.1) is 0 Å². The third-order valence-corrected chi connectivity index (χ3v) is 3.68. The quantitative estimate of drug-likeness (QED) is 0.284. The van der Waals surface area contributed by atoms with Crippen LogP contribution < -0.4 is 5.32 Å². The van der Waals surface area contributed by atoms with Gasteiger partial charge in [-0.3, -0.25) is 10.1 Å². The van der Waals surface area contributed by atoms with E-state index in [0.29, 0.717) is 24.1 Å². The number of nitro groups is 1. The summed E-state index contributed by atoms with van der Waals surface area (Å²) in [5, 5.41) is 13.4. The Labute approximate surface area is 155 Å². The van der Waals surface area contributed by atoms with Gasteiger partial charge in [-0.1, -0.05) is 53.8 Å². The van der Waals surface area contributed by atoms with Crippen LogP contribution in [0.15, 0.2) is 36.5 Å². The summed E-state index contributed by atoms with van der Waals surface area (Å²) in [5.41, 5.74) is 1.43. The number of halogens is 1. The first-order valence-corrected chi connectivity index (χ1v) is 8.09. The van der Waals surface area contributed by atoms with Crippen molar-refractivity contribution in [2.45, 2.75) is 20.0 Å². The number of rotatable bonds is 5. The largest absolute Gasteiger partial charge is 0.445 e. The molecule has 1 amide bonds. The molecule has 0 radical (unpaired) electrons. The number of amides is 1. The van der Waals surface area contributed by atoms with Gasteiger partial charge in [0.2, 0.25) is 5.15 Å². The zero-order valence-electron chi connectivity index (χ0n) is 14.0. The molecule has 0 saturated heterocycles. The van der Waals surface area contributed by atoms with Crippen molar-refractivity contribution in [1.29, 1.82) is 0 Å². The van der Waals surface area contributed by atoms with Gasteiger partial charge in [0.05, 0.1) is 10.5 Å². The second-order valence-corrected chi connectivity index (χ2v) is 5.59. The number of aromatic nitrogens is 1. The van der Waals surface area contributed by atoms with Crippen molar-refractivity contribution in [2.24, 2.45) is 0 Å². The molecular weight excluding hydrogens is 358 g/mol. The van der Waals surface area contributed by atoms with Crippen LogP contribution in [0.1, 0.15) is 23.1 Å². The Hall–Kier alpha value is -3.11. The fraction of sp³-hybridized carbons (Fsp3) is 0.222. The molecule has 0 spiro atoms. The summed E-state index contributed by atoms with van der Waals surface area (Å²) in [4.78, 5) is 25.8. The maximum absolute atomic E-state index is 11.6. The maximum atomic E-state index is 11.6. The van der Waals surface area contributed by atoms with E-state index < -0.39 is 11.0 Å². The van der Waals surface area contributed by atoms with Crippen LogP contribution in [0.2, 0.25) is 5.15 Å². The number of alkyl carbamates (subject to hydrolysis) is 1. The van der Waals surface area contributed by atoms with Crippen molar-refractivity contribution >= 4 is 23.4 Å². The van der Waals surface area contributed by atoms with Crippen LogP contribution in [0, 0.1) is 28.9 Å². The molecule has 0 saturated carbocycles. The topological polar surface area (TPSA) is 94.4 Å². The van der Waals surface area contributed by atoms with E-state index >= 15 is 0 Å². The minimum absolute atomic E-state index is 0.166. The van der Waals surface area contributed by atoms with Crippen molar-refractivity contribution in [2.75, 3.05) is 6.54 Å². The first-order valence-electron chi connectivity index (χ1n) is 7.72. The lowest BCUT2D eigenvalue weighted by molar-refractivity contribution is -0.385. The SMILES string of the molecule is Cc1c(C#CCCNC(=O)OCc2ccccc2)cnc(Cl)c1[N+](=O)[O-]. The minimum atomic E-state index is -0.583. The van der Waals surface area contributed by atoms with E-state index in [0.717, 1.165) is 5.56 Å². The van der Waals surface area contributed by atoms with Crippen LogP contribution in [0.5, 0.6) is 0 Å². The Bertz CT molecular complexity index is 860. The third-order valence-electron chi connectivity index (χ3n) is 3.40. The van der Waals surface area contributed by atoms with Gasteiger partial charge in [0.1, 0.15) is 6.61 Å². The molecular formula is C18H16ClN3O4. The van der Waals surface area contributed by atoms with Crippen molar-refractivity contribution in [3.63, 3.8) is 0 Å². The van der Waals surface area contributed by atoms with Gasteiger partial charge in [-0.25, -0.2) is 9.78 Å². The summed E-state index contributed by atoms with van der Waals surface area (Å²) in [6.45, 7) is 2.05. The summed E-state index contributed by atoms with van der Waals surface area (Å²) >= 11 is 5.73. The molecule has 0 unspecified atom stereocenters. The van der Waals surface area contributed by atoms with Crippen LogP contribution in [-0.4, -0.2) is 22.5 Å². The van der Waals surface area contributed by atoms with Crippen molar-refractivity contribution < 1.29 is 14.5 Å². The van der Waals surface area contributed by atoms with E-state index in [2.05, 4.69) is 22.1 Å². The first-order chi connectivity index (χ1) is 12.5. The van der Waals surface area contributed by atoms with E-state index in [1.165, 1.54) is 6.20 Å². The number of hydrogen-bond donors (Lipinski definition) is 1. The van der Waals surface area contributed by atoms with Gasteiger partial charge < -0.3 is 10.1 Å². The summed E-state index contributed by atoms with van der Waals surface area (Å²) in [6.07, 6.45) is 1.21. The number of hydrogen-bond acceptors (Lipinski definition) is 5. The monoisotopic (exact) mass is 373 g/mol. The molecule has 2 rings (SSSR count). The molecule has 0 atom stereocenters. The van der Waals surface area contributed by atoms with Gasteiger partial charge in [0.15, 0.2) is 0 Å². The van der Waals surface area contributed by atoms with Crippen molar-refractivity contribution in [3.8, 4) is 11.8 Å². The number of carbonyl (C=O) groups excluding carboxylic acids is 1. The predicted molar refractivity (Wildman–Crippen MR) is 96.8 cm³/mol. The third kappa shape index (κ3) is 5.46. The number of nitrogens with zero attached hydrogens (tertiary/aromatic N) is 2. The van der Waals surface area contributed by atoms with Crippen LogP contribution in [0.4, 0.5) is 10.5 Å². The van der Waals surface area contributed by atoms with Crippen LogP contribution in [-0.2, 0) is 11.3 Å². The summed E-state index contributed by atoms with van der Waals surface area (Å²) in [7, 11) is 0. The lowest BCUT2D eigenvalue weighted by Crippen LogP contribution is -2.24. The molecule has 1 heterocycles. The maximum Gasteiger partial charge on any atom is 0.407 e. The number of carbonyl (C=O) groups is 1. The molecule has 1 aromatic carbocycles. The van der Waals surface area contributed by atoms with Gasteiger partial charge in [0.25, 0.3) is 0 Å². The molecule has 26 heavy (non-hydrogen) atoms. The zero-order chi connectivity index (χ0) is 18.9. The van der Waals surface area contributed by atoms with E-state index in [-0.39, 0.29) is 17.4 Å². The number of ether oxygens (including phenoxy) is 1. The van der Waals surface area contributed by atoms with Crippen molar-refractivity contribution in [3.05, 3.63) is 68.5 Å².